The molecule has 14 heteroatoms. The van der Waals surface area contributed by atoms with Crippen LogP contribution in [0.4, 0.5) is 0 Å². The first kappa shape index (κ1) is 42.4. The fraction of sp³-hybridized carbons (Fsp3) is 0.971. The molecule has 11 N–H and O–H groups in total. The molecule has 2 aliphatic heterocycles. The van der Waals surface area contributed by atoms with Crippen LogP contribution < -0.4 is 16.8 Å². The Kier molecular flexibility index (Phi) is 19.2. The van der Waals surface area contributed by atoms with Gasteiger partial charge in [-0.15, -0.1) is 0 Å². The lowest BCUT2D eigenvalue weighted by Crippen LogP contribution is -2.66. The van der Waals surface area contributed by atoms with Gasteiger partial charge in [-0.25, -0.2) is 0 Å². The minimum atomic E-state index is -1.55. The van der Waals surface area contributed by atoms with E-state index < -0.39 is 85.7 Å². The number of aliphatic hydroxyl groups excluding tert-OH is 6. The zero-order chi connectivity index (χ0) is 35.9. The standard InChI is InChI=1S/C35H67N3O11/c1-3-5-6-7-8-9-10-11-12-13-14-15-16-17-25(39)38-20-24-27(40)26(37)30(43)34(48-24)49-33-21(36)18-19-23(29(33)42)47-35-32(45)31(44)28(41)22(4-2)46-35/h21-24,26-35,40-45H,3-20,36-37H2,1-2H3,(H,38,39)/t21-,22?,23?,24?,26+,27+,28+,29?,30?,31?,32?,33-,34+,35+/m1/s1. The Bertz CT molecular complexity index is 920. The summed E-state index contributed by atoms with van der Waals surface area (Å²) in [6.45, 7) is 3.94. The van der Waals surface area contributed by atoms with Crippen molar-refractivity contribution in [1.29, 1.82) is 0 Å². The van der Waals surface area contributed by atoms with Gasteiger partial charge < -0.3 is 66.4 Å². The van der Waals surface area contributed by atoms with Crippen molar-refractivity contribution < 1.29 is 54.4 Å². The van der Waals surface area contributed by atoms with E-state index in [1.165, 1.54) is 64.2 Å². The summed E-state index contributed by atoms with van der Waals surface area (Å²) in [5, 5.41) is 66.3. The molecule has 0 spiro atoms. The number of nitrogens with two attached hydrogens (primary N) is 2. The Morgan fingerprint density at radius 1 is 0.653 bits per heavy atom. The predicted molar refractivity (Wildman–Crippen MR) is 182 cm³/mol. The number of rotatable bonds is 21. The molecule has 2 saturated heterocycles. The molecule has 1 aliphatic carbocycles. The van der Waals surface area contributed by atoms with E-state index in [1.807, 2.05) is 0 Å². The van der Waals surface area contributed by atoms with E-state index in [0.29, 0.717) is 19.3 Å². The molecule has 7 unspecified atom stereocenters. The van der Waals surface area contributed by atoms with Gasteiger partial charge in [-0.3, -0.25) is 4.79 Å². The van der Waals surface area contributed by atoms with Crippen LogP contribution in [-0.4, -0.2) is 129 Å². The fourth-order valence-corrected chi connectivity index (χ4v) is 7.03. The van der Waals surface area contributed by atoms with E-state index >= 15 is 0 Å². The molecule has 0 aromatic heterocycles. The second-order valence-corrected chi connectivity index (χ2v) is 14.3. The van der Waals surface area contributed by atoms with Gasteiger partial charge in [0.2, 0.25) is 5.91 Å². The molecule has 288 valence electrons. The summed E-state index contributed by atoms with van der Waals surface area (Å²) in [7, 11) is 0. The summed E-state index contributed by atoms with van der Waals surface area (Å²) < 4.78 is 23.4. The molecule has 3 aliphatic rings. The van der Waals surface area contributed by atoms with Crippen molar-refractivity contribution in [2.75, 3.05) is 6.54 Å². The van der Waals surface area contributed by atoms with Gasteiger partial charge in [-0.1, -0.05) is 90.9 Å². The van der Waals surface area contributed by atoms with E-state index in [4.69, 9.17) is 30.4 Å². The quantitative estimate of drug-likeness (QED) is 0.0753. The topological polar surface area (TPSA) is 239 Å². The first-order valence-corrected chi connectivity index (χ1v) is 19.0. The van der Waals surface area contributed by atoms with Crippen molar-refractivity contribution in [2.45, 2.75) is 209 Å². The van der Waals surface area contributed by atoms with Crippen LogP contribution in [0.15, 0.2) is 0 Å². The van der Waals surface area contributed by atoms with Crippen molar-refractivity contribution in [2.24, 2.45) is 11.5 Å². The number of carbonyl (C=O) groups is 1. The number of amides is 1. The van der Waals surface area contributed by atoms with Gasteiger partial charge in [-0.2, -0.15) is 0 Å². The van der Waals surface area contributed by atoms with Gasteiger partial charge in [0.1, 0.15) is 42.7 Å². The molecule has 0 bridgehead atoms. The third-order valence-corrected chi connectivity index (χ3v) is 10.4. The minimum absolute atomic E-state index is 0.0482. The zero-order valence-corrected chi connectivity index (χ0v) is 29.7. The Morgan fingerprint density at radius 3 is 1.80 bits per heavy atom. The van der Waals surface area contributed by atoms with Crippen molar-refractivity contribution >= 4 is 5.91 Å². The summed E-state index contributed by atoms with van der Waals surface area (Å²) in [5.74, 6) is -0.171. The molecular formula is C35H67N3O11. The number of hydrogen-bond donors (Lipinski definition) is 9. The zero-order valence-electron chi connectivity index (χ0n) is 29.7. The van der Waals surface area contributed by atoms with Gasteiger partial charge in [0.05, 0.1) is 24.4 Å². The van der Waals surface area contributed by atoms with E-state index in [2.05, 4.69) is 12.2 Å². The maximum Gasteiger partial charge on any atom is 0.220 e. The fourth-order valence-electron chi connectivity index (χ4n) is 7.03. The number of unbranched alkanes of at least 4 members (excludes halogenated alkanes) is 12. The second kappa shape index (κ2) is 22.1. The maximum atomic E-state index is 12.5. The molecule has 49 heavy (non-hydrogen) atoms. The number of hydrogen-bond acceptors (Lipinski definition) is 13. The van der Waals surface area contributed by atoms with Gasteiger partial charge in [0.15, 0.2) is 12.6 Å². The third-order valence-electron chi connectivity index (χ3n) is 10.4. The molecule has 3 rings (SSSR count). The molecule has 0 aromatic carbocycles. The minimum Gasteiger partial charge on any atom is -0.389 e. The second-order valence-electron chi connectivity index (χ2n) is 14.3. The summed E-state index contributed by atoms with van der Waals surface area (Å²) in [6.07, 6.45) is 2.28. The van der Waals surface area contributed by atoms with Crippen molar-refractivity contribution in [3.05, 3.63) is 0 Å². The smallest absolute Gasteiger partial charge is 0.220 e. The highest BCUT2D eigenvalue weighted by atomic mass is 16.7. The first-order chi connectivity index (χ1) is 23.5. The summed E-state index contributed by atoms with van der Waals surface area (Å²) in [6, 6.07) is -1.84. The molecule has 2 heterocycles. The van der Waals surface area contributed by atoms with Crippen molar-refractivity contribution in [3.8, 4) is 0 Å². The average Bonchev–Trinajstić information content (AvgIpc) is 3.09. The predicted octanol–water partition coefficient (Wildman–Crippen LogP) is 0.828. The number of carbonyl (C=O) groups excluding carboxylic acids is 1. The third kappa shape index (κ3) is 12.9. The lowest BCUT2D eigenvalue weighted by atomic mass is 9.87. The van der Waals surface area contributed by atoms with Crippen LogP contribution in [0.25, 0.3) is 0 Å². The number of ether oxygens (including phenoxy) is 4. The first-order valence-electron chi connectivity index (χ1n) is 19.0. The van der Waals surface area contributed by atoms with Gasteiger partial charge in [0, 0.05) is 19.0 Å². The molecule has 0 aromatic rings. The summed E-state index contributed by atoms with van der Waals surface area (Å²) in [4.78, 5) is 12.5. The lowest BCUT2D eigenvalue weighted by molar-refractivity contribution is -0.330. The van der Waals surface area contributed by atoms with E-state index in [-0.39, 0.29) is 18.9 Å². The van der Waals surface area contributed by atoms with E-state index in [9.17, 15) is 35.4 Å². The highest BCUT2D eigenvalue weighted by Crippen LogP contribution is 2.32. The van der Waals surface area contributed by atoms with E-state index in [1.54, 1.807) is 6.92 Å². The van der Waals surface area contributed by atoms with Crippen LogP contribution in [0.2, 0.25) is 0 Å². The molecular weight excluding hydrogens is 638 g/mol. The molecule has 3 fully saturated rings. The van der Waals surface area contributed by atoms with Crippen LogP contribution in [0.1, 0.15) is 123 Å². The van der Waals surface area contributed by atoms with Crippen LogP contribution in [-0.2, 0) is 23.7 Å². The highest BCUT2D eigenvalue weighted by Gasteiger charge is 2.49. The van der Waals surface area contributed by atoms with Crippen LogP contribution in [0.5, 0.6) is 0 Å². The molecule has 0 radical (unpaired) electrons. The van der Waals surface area contributed by atoms with Crippen molar-refractivity contribution in [1.82, 2.24) is 5.32 Å². The van der Waals surface area contributed by atoms with Crippen LogP contribution >= 0.6 is 0 Å². The Labute approximate surface area is 292 Å². The summed E-state index contributed by atoms with van der Waals surface area (Å²) >= 11 is 0. The Morgan fingerprint density at radius 2 is 1.20 bits per heavy atom. The Balaban J connectivity index is 1.40. The highest BCUT2D eigenvalue weighted by molar-refractivity contribution is 5.75. The van der Waals surface area contributed by atoms with Gasteiger partial charge in [-0.05, 0) is 25.7 Å². The Hall–Kier alpha value is -1.01. The van der Waals surface area contributed by atoms with E-state index in [0.717, 1.165) is 19.3 Å². The molecule has 14 nitrogen and oxygen atoms in total. The molecule has 1 amide bonds. The van der Waals surface area contributed by atoms with Crippen molar-refractivity contribution in [3.63, 3.8) is 0 Å². The maximum absolute atomic E-state index is 12.5. The SMILES string of the molecule is CCCCCCCCCCCCCCCC(=O)NCC1O[C@@H](O[C@H]2C(O)C(O[C@@H]3OC(CC)[C@H](O)C(O)C3O)CC[C@H]2N)C(O)[C@@H](N)[C@H]1O. The number of nitrogens with one attached hydrogen (secondary N) is 1. The normalized spacial score (nSPS) is 38.4. The monoisotopic (exact) mass is 705 g/mol. The molecule has 14 atom stereocenters. The largest absolute Gasteiger partial charge is 0.389 e. The van der Waals surface area contributed by atoms with Gasteiger partial charge >= 0.3 is 0 Å². The van der Waals surface area contributed by atoms with Gasteiger partial charge in [0.25, 0.3) is 0 Å². The average molecular weight is 706 g/mol. The van der Waals surface area contributed by atoms with Crippen LogP contribution in [0, 0.1) is 0 Å². The summed E-state index contributed by atoms with van der Waals surface area (Å²) in [5.41, 5.74) is 12.4. The lowest BCUT2D eigenvalue weighted by Gasteiger charge is -2.46. The number of aliphatic hydroxyl groups is 6. The molecule has 1 saturated carbocycles. The van der Waals surface area contributed by atoms with Crippen LogP contribution in [0.3, 0.4) is 0 Å².